The number of aliphatic hydroxyl groups excluding tert-OH is 1. The third-order valence-corrected chi connectivity index (χ3v) is 3.50. The van der Waals surface area contributed by atoms with Gasteiger partial charge in [-0.1, -0.05) is 30.3 Å². The number of fused-ring (bicyclic) bond motifs is 2. The predicted molar refractivity (Wildman–Crippen MR) is 78.5 cm³/mol. The third kappa shape index (κ3) is 2.44. The normalized spacial score (nSPS) is 19.3. The van der Waals surface area contributed by atoms with E-state index in [9.17, 15) is 9.90 Å². The Morgan fingerprint density at radius 1 is 1.33 bits per heavy atom. The van der Waals surface area contributed by atoms with E-state index < -0.39 is 0 Å². The van der Waals surface area contributed by atoms with Crippen LogP contribution in [0.15, 0.2) is 48.3 Å². The molecule has 4 nitrogen and oxygen atoms in total. The predicted octanol–water partition coefficient (Wildman–Crippen LogP) is 1.31. The number of aliphatic hydroxyl groups is 1. The van der Waals surface area contributed by atoms with Gasteiger partial charge in [0.2, 0.25) is 0 Å². The van der Waals surface area contributed by atoms with Gasteiger partial charge in [0.1, 0.15) is 24.0 Å². The third-order valence-electron chi connectivity index (χ3n) is 3.50. The molecule has 1 aliphatic heterocycles. The molecule has 3 rings (SSSR count). The highest BCUT2D eigenvalue weighted by Crippen LogP contribution is 2.25. The largest absolute Gasteiger partial charge is 0.507 e. The van der Waals surface area contributed by atoms with Crippen LogP contribution in [0, 0.1) is 0 Å². The monoisotopic (exact) mass is 284 g/mol. The molecule has 2 aliphatic rings. The molecule has 0 aromatic heterocycles. The number of hydrogen-bond donors (Lipinski definition) is 1. The number of carbonyl (C=O) groups is 1. The fourth-order valence-electron chi connectivity index (χ4n) is 2.63. The zero-order valence-corrected chi connectivity index (χ0v) is 11.7. The fourth-order valence-corrected chi connectivity index (χ4v) is 2.63. The van der Waals surface area contributed by atoms with Crippen molar-refractivity contribution in [2.45, 2.75) is 19.4 Å². The molecule has 1 unspecified atom stereocenters. The van der Waals surface area contributed by atoms with Crippen LogP contribution < -0.4 is 10.4 Å². The van der Waals surface area contributed by atoms with Crippen LogP contribution in [0.25, 0.3) is 11.3 Å². The number of benzene rings is 1. The summed E-state index contributed by atoms with van der Waals surface area (Å²) in [5.74, 6) is 0.465. The summed E-state index contributed by atoms with van der Waals surface area (Å²) in [4.78, 5) is 11.7. The lowest BCUT2D eigenvalue weighted by Crippen LogP contribution is -2.40. The van der Waals surface area contributed by atoms with E-state index in [-0.39, 0.29) is 24.3 Å². The molecule has 1 aromatic carbocycles. The van der Waals surface area contributed by atoms with E-state index in [1.165, 1.54) is 0 Å². The summed E-state index contributed by atoms with van der Waals surface area (Å²) in [6.07, 6.45) is 4.97. The van der Waals surface area contributed by atoms with E-state index in [1.54, 1.807) is 19.1 Å². The number of rotatable bonds is 3. The van der Waals surface area contributed by atoms with Crippen LogP contribution in [-0.4, -0.2) is 23.8 Å². The molecular weight excluding hydrogens is 268 g/mol. The number of esters is 1. The standard InChI is InChI=1S/C17H16O4/c1-2-20-16(19)10-15-11-6-3-4-7-12(11)17-13(18)8-5-9-14(17)21-15/h3-9,14,18H,2,10H2,1H3. The Hall–Kier alpha value is -2.49. The molecule has 21 heavy (non-hydrogen) atoms. The van der Waals surface area contributed by atoms with Crippen molar-refractivity contribution in [1.82, 2.24) is 0 Å². The van der Waals surface area contributed by atoms with Crippen LogP contribution in [0.1, 0.15) is 13.3 Å². The maximum absolute atomic E-state index is 11.7. The van der Waals surface area contributed by atoms with Crippen LogP contribution >= 0.6 is 0 Å². The van der Waals surface area contributed by atoms with Gasteiger partial charge in [-0.05, 0) is 24.3 Å². The highest BCUT2D eigenvalue weighted by Gasteiger charge is 2.26. The molecule has 0 radical (unpaired) electrons. The minimum Gasteiger partial charge on any atom is -0.507 e. The molecule has 1 atom stereocenters. The molecule has 0 spiro atoms. The van der Waals surface area contributed by atoms with Gasteiger partial charge < -0.3 is 14.6 Å². The van der Waals surface area contributed by atoms with Gasteiger partial charge in [-0.25, -0.2) is 0 Å². The van der Waals surface area contributed by atoms with Crippen molar-refractivity contribution in [1.29, 1.82) is 0 Å². The molecule has 1 N–H and O–H groups in total. The molecule has 108 valence electrons. The number of carbonyl (C=O) groups excluding carboxylic acids is 1. The summed E-state index contributed by atoms with van der Waals surface area (Å²) in [7, 11) is 0. The van der Waals surface area contributed by atoms with Crippen molar-refractivity contribution in [2.24, 2.45) is 0 Å². The zero-order chi connectivity index (χ0) is 14.8. The number of ether oxygens (including phenoxy) is 2. The van der Waals surface area contributed by atoms with Gasteiger partial charge in [0.15, 0.2) is 0 Å². The maximum Gasteiger partial charge on any atom is 0.313 e. The van der Waals surface area contributed by atoms with Gasteiger partial charge in [0.25, 0.3) is 0 Å². The van der Waals surface area contributed by atoms with Gasteiger partial charge in [-0.15, -0.1) is 0 Å². The number of allylic oxidation sites excluding steroid dienone is 2. The minimum atomic E-state index is -0.366. The van der Waals surface area contributed by atoms with Crippen molar-refractivity contribution < 1.29 is 19.4 Å². The van der Waals surface area contributed by atoms with Gasteiger partial charge in [0, 0.05) is 10.8 Å². The molecule has 4 heteroatoms. The molecule has 0 saturated heterocycles. The zero-order valence-electron chi connectivity index (χ0n) is 11.7. The summed E-state index contributed by atoms with van der Waals surface area (Å²) < 4.78 is 10.9. The Kier molecular flexibility index (Phi) is 3.52. The molecule has 0 fully saturated rings. The quantitative estimate of drug-likeness (QED) is 0.850. The molecule has 0 saturated carbocycles. The van der Waals surface area contributed by atoms with E-state index in [2.05, 4.69) is 0 Å². The lowest BCUT2D eigenvalue weighted by Gasteiger charge is -2.26. The van der Waals surface area contributed by atoms with Crippen LogP contribution in [0.4, 0.5) is 0 Å². The minimum absolute atomic E-state index is 0.0902. The highest BCUT2D eigenvalue weighted by atomic mass is 16.5. The summed E-state index contributed by atoms with van der Waals surface area (Å²) in [6.45, 7) is 2.12. The van der Waals surface area contributed by atoms with Gasteiger partial charge in [-0.3, -0.25) is 4.79 Å². The van der Waals surface area contributed by atoms with Crippen LogP contribution in [0.5, 0.6) is 0 Å². The first-order valence-corrected chi connectivity index (χ1v) is 6.93. The van der Waals surface area contributed by atoms with Crippen molar-refractivity contribution in [3.05, 3.63) is 58.7 Å². The van der Waals surface area contributed by atoms with E-state index >= 15 is 0 Å². The molecular formula is C17H16O4. The first kappa shape index (κ1) is 13.5. The highest BCUT2D eigenvalue weighted by molar-refractivity contribution is 5.80. The van der Waals surface area contributed by atoms with E-state index in [0.717, 1.165) is 16.0 Å². The van der Waals surface area contributed by atoms with Crippen molar-refractivity contribution in [3.8, 4) is 0 Å². The Morgan fingerprint density at radius 3 is 2.86 bits per heavy atom. The first-order valence-electron chi connectivity index (χ1n) is 6.93. The second-order valence-corrected chi connectivity index (χ2v) is 4.84. The lowest BCUT2D eigenvalue weighted by atomic mass is 9.96. The van der Waals surface area contributed by atoms with Crippen molar-refractivity contribution in [2.75, 3.05) is 6.61 Å². The van der Waals surface area contributed by atoms with Crippen LogP contribution in [0.3, 0.4) is 0 Å². The molecule has 1 aliphatic carbocycles. The molecule has 1 heterocycles. The van der Waals surface area contributed by atoms with Crippen LogP contribution in [0.2, 0.25) is 0 Å². The SMILES string of the molecule is CCOC(=O)CC1=c2ccccc2=C2C(O)=CC=CC2O1. The van der Waals surface area contributed by atoms with Crippen LogP contribution in [-0.2, 0) is 14.3 Å². The van der Waals surface area contributed by atoms with Gasteiger partial charge in [0.05, 0.1) is 6.61 Å². The second-order valence-electron chi connectivity index (χ2n) is 4.84. The van der Waals surface area contributed by atoms with Crippen molar-refractivity contribution in [3.63, 3.8) is 0 Å². The first-order chi connectivity index (χ1) is 10.2. The topological polar surface area (TPSA) is 55.8 Å². The van der Waals surface area contributed by atoms with E-state index in [4.69, 9.17) is 9.47 Å². The average molecular weight is 284 g/mol. The number of hydrogen-bond acceptors (Lipinski definition) is 4. The lowest BCUT2D eigenvalue weighted by molar-refractivity contribution is -0.142. The Labute approximate surface area is 122 Å². The Bertz CT molecular complexity index is 755. The maximum atomic E-state index is 11.7. The summed E-state index contributed by atoms with van der Waals surface area (Å²) in [5.41, 5.74) is 0.737. The molecule has 0 bridgehead atoms. The average Bonchev–Trinajstić information content (AvgIpc) is 2.47. The Balaban J connectivity index is 2.17. The summed E-state index contributed by atoms with van der Waals surface area (Å²) >= 11 is 0. The van der Waals surface area contributed by atoms with Gasteiger partial charge >= 0.3 is 5.97 Å². The smallest absolute Gasteiger partial charge is 0.313 e. The van der Waals surface area contributed by atoms with Gasteiger partial charge in [-0.2, -0.15) is 0 Å². The molecule has 1 aromatic rings. The summed E-state index contributed by atoms with van der Waals surface area (Å²) in [6, 6.07) is 7.60. The van der Waals surface area contributed by atoms with Crippen molar-refractivity contribution >= 4 is 17.3 Å². The molecule has 0 amide bonds. The van der Waals surface area contributed by atoms with E-state index in [1.807, 2.05) is 30.3 Å². The van der Waals surface area contributed by atoms with E-state index in [0.29, 0.717) is 12.4 Å². The summed E-state index contributed by atoms with van der Waals surface area (Å²) in [5, 5.41) is 11.8. The fraction of sp³-hybridized carbons (Fsp3) is 0.235. The Morgan fingerprint density at radius 2 is 2.10 bits per heavy atom. The second kappa shape index (κ2) is 5.48.